The van der Waals surface area contributed by atoms with Crippen LogP contribution in [0.5, 0.6) is 0 Å². The molecular weight excluding hydrogens is 346 g/mol. The predicted octanol–water partition coefficient (Wildman–Crippen LogP) is 3.21. The highest BCUT2D eigenvalue weighted by molar-refractivity contribution is 6.22. The van der Waals surface area contributed by atoms with Gasteiger partial charge in [0, 0.05) is 17.4 Å². The molecule has 0 aliphatic carbocycles. The number of carbonyl (C=O) groups is 3. The molecule has 3 N–H and O–H groups in total. The molecule has 27 heavy (non-hydrogen) atoms. The lowest BCUT2D eigenvalue weighted by Crippen LogP contribution is -2.35. The number of fused-ring (bicyclic) bond motifs is 2. The van der Waals surface area contributed by atoms with Gasteiger partial charge in [0.25, 0.3) is 11.8 Å². The van der Waals surface area contributed by atoms with Crippen LogP contribution >= 0.6 is 0 Å². The summed E-state index contributed by atoms with van der Waals surface area (Å²) in [7, 11) is 0. The number of carbonyl (C=O) groups excluding carboxylic acids is 3. The van der Waals surface area contributed by atoms with Gasteiger partial charge in [-0.3, -0.25) is 14.5 Å². The van der Waals surface area contributed by atoms with Gasteiger partial charge in [-0.05, 0) is 50.2 Å². The number of imide groups is 1. The Kier molecular flexibility index (Phi) is 3.88. The van der Waals surface area contributed by atoms with Crippen molar-refractivity contribution in [2.75, 3.05) is 10.6 Å². The molecule has 0 radical (unpaired) electrons. The normalized spacial score (nSPS) is 13.4. The Hall–Kier alpha value is -3.68. The first-order valence-corrected chi connectivity index (χ1v) is 8.47. The van der Waals surface area contributed by atoms with Crippen molar-refractivity contribution in [1.29, 1.82) is 0 Å². The quantitative estimate of drug-likeness (QED) is 0.621. The van der Waals surface area contributed by atoms with Gasteiger partial charge in [0.1, 0.15) is 0 Å². The third-order valence-corrected chi connectivity index (χ3v) is 4.37. The molecule has 8 nitrogen and oxygen atoms in total. The van der Waals surface area contributed by atoms with Gasteiger partial charge < -0.3 is 15.6 Å². The molecule has 0 saturated heterocycles. The zero-order valence-electron chi connectivity index (χ0n) is 14.7. The molecule has 3 aromatic rings. The van der Waals surface area contributed by atoms with Crippen LogP contribution in [-0.4, -0.2) is 38.8 Å². The van der Waals surface area contributed by atoms with E-state index in [2.05, 4.69) is 20.6 Å². The number of hydrogen-bond acceptors (Lipinski definition) is 4. The molecule has 0 bridgehead atoms. The molecule has 0 saturated carbocycles. The first kappa shape index (κ1) is 16.8. The van der Waals surface area contributed by atoms with Crippen LogP contribution < -0.4 is 10.6 Å². The largest absolute Gasteiger partial charge is 0.345 e. The van der Waals surface area contributed by atoms with Crippen LogP contribution in [0, 0.1) is 0 Å². The summed E-state index contributed by atoms with van der Waals surface area (Å²) in [6, 6.07) is 9.31. The number of hydrogen-bond donors (Lipinski definition) is 3. The van der Waals surface area contributed by atoms with Crippen molar-refractivity contribution in [1.82, 2.24) is 14.9 Å². The minimum Gasteiger partial charge on any atom is -0.345 e. The van der Waals surface area contributed by atoms with Gasteiger partial charge >= 0.3 is 6.03 Å². The fraction of sp³-hybridized carbons (Fsp3) is 0.158. The number of urea groups is 1. The van der Waals surface area contributed by atoms with E-state index in [4.69, 9.17) is 0 Å². The monoisotopic (exact) mass is 363 g/mol. The SMILES string of the molecule is CC(C)N1C(=O)c2ccc(NC(=O)Nc3ccc4nc[nH]c4c3)cc2C1=O. The van der Waals surface area contributed by atoms with E-state index in [1.54, 1.807) is 50.5 Å². The lowest BCUT2D eigenvalue weighted by Gasteiger charge is -2.17. The van der Waals surface area contributed by atoms with E-state index < -0.39 is 6.03 Å². The average Bonchev–Trinajstić information content (AvgIpc) is 3.17. The maximum atomic E-state index is 12.4. The van der Waals surface area contributed by atoms with Gasteiger partial charge in [-0.2, -0.15) is 0 Å². The Labute approximate surface area is 154 Å². The van der Waals surface area contributed by atoms with Gasteiger partial charge in [-0.25, -0.2) is 9.78 Å². The maximum Gasteiger partial charge on any atom is 0.323 e. The molecule has 4 amide bonds. The predicted molar refractivity (Wildman–Crippen MR) is 101 cm³/mol. The van der Waals surface area contributed by atoms with Crippen molar-refractivity contribution in [2.24, 2.45) is 0 Å². The third-order valence-electron chi connectivity index (χ3n) is 4.37. The standard InChI is InChI=1S/C19H17N5O3/c1-10(2)24-17(25)13-5-3-11(7-14(13)18(24)26)22-19(27)23-12-4-6-15-16(8-12)21-9-20-15/h3-10H,1-2H3,(H,20,21)(H2,22,23,27). The molecule has 0 spiro atoms. The molecule has 1 aliphatic heterocycles. The smallest absolute Gasteiger partial charge is 0.323 e. The number of anilines is 2. The van der Waals surface area contributed by atoms with Crippen LogP contribution in [0.15, 0.2) is 42.7 Å². The fourth-order valence-corrected chi connectivity index (χ4v) is 3.11. The van der Waals surface area contributed by atoms with E-state index in [0.717, 1.165) is 11.0 Å². The van der Waals surface area contributed by atoms with Gasteiger partial charge in [0.2, 0.25) is 0 Å². The lowest BCUT2D eigenvalue weighted by molar-refractivity contribution is 0.0609. The minimum atomic E-state index is -0.452. The summed E-state index contributed by atoms with van der Waals surface area (Å²) >= 11 is 0. The van der Waals surface area contributed by atoms with Crippen molar-refractivity contribution in [2.45, 2.75) is 19.9 Å². The second-order valence-electron chi connectivity index (χ2n) is 6.55. The number of nitrogens with one attached hydrogen (secondary N) is 3. The first-order chi connectivity index (χ1) is 12.9. The third kappa shape index (κ3) is 2.91. The summed E-state index contributed by atoms with van der Waals surface area (Å²) < 4.78 is 0. The van der Waals surface area contributed by atoms with E-state index in [-0.39, 0.29) is 17.9 Å². The zero-order chi connectivity index (χ0) is 19.1. The van der Waals surface area contributed by atoms with Gasteiger partial charge in [-0.15, -0.1) is 0 Å². The first-order valence-electron chi connectivity index (χ1n) is 8.47. The average molecular weight is 363 g/mol. The molecule has 2 heterocycles. The van der Waals surface area contributed by atoms with Crippen molar-refractivity contribution in [3.63, 3.8) is 0 Å². The molecular formula is C19H17N5O3. The highest BCUT2D eigenvalue weighted by Gasteiger charge is 2.37. The maximum absolute atomic E-state index is 12.4. The van der Waals surface area contributed by atoms with E-state index in [1.807, 2.05) is 0 Å². The fourth-order valence-electron chi connectivity index (χ4n) is 3.11. The Morgan fingerprint density at radius 2 is 1.67 bits per heavy atom. The minimum absolute atomic E-state index is 0.227. The molecule has 1 aromatic heterocycles. The second-order valence-corrected chi connectivity index (χ2v) is 6.55. The molecule has 8 heteroatoms. The number of rotatable bonds is 3. The van der Waals surface area contributed by atoms with Crippen LogP contribution in [-0.2, 0) is 0 Å². The van der Waals surface area contributed by atoms with Crippen LogP contribution in [0.4, 0.5) is 16.2 Å². The molecule has 0 atom stereocenters. The lowest BCUT2D eigenvalue weighted by atomic mass is 10.1. The molecule has 0 fully saturated rings. The van der Waals surface area contributed by atoms with E-state index >= 15 is 0 Å². The summed E-state index contributed by atoms with van der Waals surface area (Å²) in [5.74, 6) is -0.660. The summed E-state index contributed by atoms with van der Waals surface area (Å²) in [6.45, 7) is 3.57. The van der Waals surface area contributed by atoms with E-state index in [9.17, 15) is 14.4 Å². The summed E-state index contributed by atoms with van der Waals surface area (Å²) in [4.78, 5) is 45.3. The van der Waals surface area contributed by atoms with E-state index in [1.165, 1.54) is 11.0 Å². The Bertz CT molecular complexity index is 1090. The van der Waals surface area contributed by atoms with Crippen molar-refractivity contribution in [3.8, 4) is 0 Å². The summed E-state index contributed by atoms with van der Waals surface area (Å²) in [5, 5.41) is 5.41. The Morgan fingerprint density at radius 1 is 1.00 bits per heavy atom. The second kappa shape index (κ2) is 6.24. The van der Waals surface area contributed by atoms with Crippen molar-refractivity contribution >= 4 is 40.3 Å². The highest BCUT2D eigenvalue weighted by atomic mass is 16.2. The van der Waals surface area contributed by atoms with Gasteiger partial charge in [-0.1, -0.05) is 0 Å². The van der Waals surface area contributed by atoms with Gasteiger partial charge in [0.15, 0.2) is 0 Å². The van der Waals surface area contributed by atoms with Crippen molar-refractivity contribution in [3.05, 3.63) is 53.9 Å². The topological polar surface area (TPSA) is 107 Å². The summed E-state index contributed by atoms with van der Waals surface area (Å²) in [5.41, 5.74) is 3.29. The number of aromatic nitrogens is 2. The molecule has 136 valence electrons. The number of H-pyrrole nitrogens is 1. The molecule has 0 unspecified atom stereocenters. The number of benzene rings is 2. The van der Waals surface area contributed by atoms with Crippen LogP contribution in [0.1, 0.15) is 34.6 Å². The molecule has 4 rings (SSSR count). The van der Waals surface area contributed by atoms with Gasteiger partial charge in [0.05, 0.1) is 28.5 Å². The molecule has 2 aromatic carbocycles. The zero-order valence-corrected chi connectivity index (χ0v) is 14.7. The number of aromatic amines is 1. The van der Waals surface area contributed by atoms with E-state index in [0.29, 0.717) is 22.5 Å². The molecule has 1 aliphatic rings. The van der Waals surface area contributed by atoms with Crippen LogP contribution in [0.3, 0.4) is 0 Å². The van der Waals surface area contributed by atoms with Crippen molar-refractivity contribution < 1.29 is 14.4 Å². The Balaban J connectivity index is 1.51. The number of imidazole rings is 1. The number of amides is 4. The van der Waals surface area contributed by atoms with Crippen LogP contribution in [0.25, 0.3) is 11.0 Å². The Morgan fingerprint density at radius 3 is 2.41 bits per heavy atom. The summed E-state index contributed by atoms with van der Waals surface area (Å²) in [6.07, 6.45) is 1.58. The number of nitrogens with zero attached hydrogens (tertiary/aromatic N) is 2. The van der Waals surface area contributed by atoms with Crippen LogP contribution in [0.2, 0.25) is 0 Å². The highest BCUT2D eigenvalue weighted by Crippen LogP contribution is 2.27.